The van der Waals surface area contributed by atoms with Crippen LogP contribution in [0.15, 0.2) is 18.2 Å². The van der Waals surface area contributed by atoms with Gasteiger partial charge in [-0.1, -0.05) is 6.07 Å². The van der Waals surface area contributed by atoms with Gasteiger partial charge in [-0.05, 0) is 24.6 Å². The van der Waals surface area contributed by atoms with Gasteiger partial charge in [-0.15, -0.1) is 0 Å². The van der Waals surface area contributed by atoms with Crippen molar-refractivity contribution in [3.63, 3.8) is 0 Å². The second-order valence-electron chi connectivity index (χ2n) is 4.65. The minimum Gasteiger partial charge on any atom is -0.490 e. The number of ether oxygens (including phenoxy) is 3. The van der Waals surface area contributed by atoms with Crippen LogP contribution in [0.1, 0.15) is 12.5 Å². The highest BCUT2D eigenvalue weighted by molar-refractivity contribution is 5.78. The third-order valence-corrected chi connectivity index (χ3v) is 3.21. The van der Waals surface area contributed by atoms with Gasteiger partial charge >= 0.3 is 0 Å². The highest BCUT2D eigenvalue weighted by atomic mass is 16.5. The minimum absolute atomic E-state index is 0.0292. The number of carbonyl (C=O) groups is 1. The first-order valence-electron chi connectivity index (χ1n) is 7.09. The van der Waals surface area contributed by atoms with Gasteiger partial charge in [0, 0.05) is 13.1 Å². The van der Waals surface area contributed by atoms with E-state index in [1.165, 1.54) is 0 Å². The molecule has 1 heterocycles. The van der Waals surface area contributed by atoms with Crippen LogP contribution in [0.3, 0.4) is 0 Å². The van der Waals surface area contributed by atoms with E-state index in [4.69, 9.17) is 19.3 Å². The van der Waals surface area contributed by atoms with Crippen LogP contribution in [0, 0.1) is 0 Å². The molecule has 1 aromatic rings. The standard InChI is InChI=1S/C15H21NO5/c1-2-20-14-9-12(10-17)3-4-13(14)21-11-15(18)16-5-7-19-8-6-16/h3-4,9,17H,2,5-8,10-11H2,1H3. The summed E-state index contributed by atoms with van der Waals surface area (Å²) in [5.41, 5.74) is 0.741. The molecule has 0 radical (unpaired) electrons. The molecule has 1 aliphatic rings. The first kappa shape index (κ1) is 15.6. The summed E-state index contributed by atoms with van der Waals surface area (Å²) in [7, 11) is 0. The Morgan fingerprint density at radius 1 is 1.29 bits per heavy atom. The van der Waals surface area contributed by atoms with Crippen molar-refractivity contribution in [3.05, 3.63) is 23.8 Å². The maximum Gasteiger partial charge on any atom is 0.260 e. The Kier molecular flexibility index (Phi) is 5.83. The van der Waals surface area contributed by atoms with Crippen molar-refractivity contribution in [1.29, 1.82) is 0 Å². The Labute approximate surface area is 124 Å². The average Bonchev–Trinajstić information content (AvgIpc) is 2.54. The number of hydrogen-bond donors (Lipinski definition) is 1. The number of hydrogen-bond acceptors (Lipinski definition) is 5. The largest absolute Gasteiger partial charge is 0.490 e. The van der Waals surface area contributed by atoms with Crippen molar-refractivity contribution in [1.82, 2.24) is 4.90 Å². The van der Waals surface area contributed by atoms with Crippen molar-refractivity contribution in [2.45, 2.75) is 13.5 Å². The van der Waals surface area contributed by atoms with Crippen LogP contribution >= 0.6 is 0 Å². The number of morpholine rings is 1. The molecule has 1 saturated heterocycles. The van der Waals surface area contributed by atoms with Gasteiger partial charge in [0.25, 0.3) is 5.91 Å². The molecule has 2 rings (SSSR count). The molecule has 0 spiro atoms. The van der Waals surface area contributed by atoms with Gasteiger partial charge in [-0.25, -0.2) is 0 Å². The Bertz CT molecular complexity index is 471. The van der Waals surface area contributed by atoms with Crippen LogP contribution in [0.2, 0.25) is 0 Å². The lowest BCUT2D eigenvalue weighted by molar-refractivity contribution is -0.137. The number of amides is 1. The first-order chi connectivity index (χ1) is 10.2. The molecule has 0 unspecified atom stereocenters. The van der Waals surface area contributed by atoms with Gasteiger partial charge in [-0.2, -0.15) is 0 Å². The lowest BCUT2D eigenvalue weighted by Gasteiger charge is -2.26. The van der Waals surface area contributed by atoms with Crippen molar-refractivity contribution in [2.24, 2.45) is 0 Å². The molecule has 1 N–H and O–H groups in total. The zero-order valence-corrected chi connectivity index (χ0v) is 12.2. The van der Waals surface area contributed by atoms with Crippen molar-refractivity contribution in [2.75, 3.05) is 39.5 Å². The van der Waals surface area contributed by atoms with Gasteiger partial charge in [0.2, 0.25) is 0 Å². The van der Waals surface area contributed by atoms with Gasteiger partial charge < -0.3 is 24.2 Å². The maximum absolute atomic E-state index is 12.0. The van der Waals surface area contributed by atoms with Crippen LogP contribution in [-0.4, -0.2) is 55.4 Å². The topological polar surface area (TPSA) is 68.2 Å². The Hall–Kier alpha value is -1.79. The van der Waals surface area contributed by atoms with E-state index in [0.717, 1.165) is 5.56 Å². The number of benzene rings is 1. The molecule has 0 aromatic heterocycles. The molecule has 1 aromatic carbocycles. The van der Waals surface area contributed by atoms with E-state index in [1.807, 2.05) is 6.92 Å². The summed E-state index contributed by atoms with van der Waals surface area (Å²) in [5.74, 6) is 0.987. The van der Waals surface area contributed by atoms with Crippen LogP contribution < -0.4 is 9.47 Å². The molecule has 1 fully saturated rings. The fraction of sp³-hybridized carbons (Fsp3) is 0.533. The number of rotatable bonds is 6. The molecular formula is C15H21NO5. The van der Waals surface area contributed by atoms with E-state index in [1.54, 1.807) is 23.1 Å². The summed E-state index contributed by atoms with van der Waals surface area (Å²) >= 11 is 0. The fourth-order valence-electron chi connectivity index (χ4n) is 2.08. The molecule has 1 amide bonds. The van der Waals surface area contributed by atoms with Crippen molar-refractivity contribution in [3.8, 4) is 11.5 Å². The van der Waals surface area contributed by atoms with Gasteiger partial charge in [0.05, 0.1) is 26.4 Å². The van der Waals surface area contributed by atoms with E-state index >= 15 is 0 Å². The van der Waals surface area contributed by atoms with Crippen LogP contribution in [-0.2, 0) is 16.1 Å². The second-order valence-corrected chi connectivity index (χ2v) is 4.65. The summed E-state index contributed by atoms with van der Waals surface area (Å²) in [4.78, 5) is 13.8. The third-order valence-electron chi connectivity index (χ3n) is 3.21. The molecule has 21 heavy (non-hydrogen) atoms. The van der Waals surface area contributed by atoms with E-state index in [9.17, 15) is 4.79 Å². The average molecular weight is 295 g/mol. The summed E-state index contributed by atoms with van der Waals surface area (Å²) < 4.78 is 16.3. The molecule has 0 atom stereocenters. The lowest BCUT2D eigenvalue weighted by atomic mass is 10.2. The monoisotopic (exact) mass is 295 g/mol. The Morgan fingerprint density at radius 2 is 2.05 bits per heavy atom. The zero-order chi connectivity index (χ0) is 15.1. The molecule has 6 nitrogen and oxygen atoms in total. The first-order valence-corrected chi connectivity index (χ1v) is 7.09. The maximum atomic E-state index is 12.0. The van der Waals surface area contributed by atoms with Crippen molar-refractivity contribution < 1.29 is 24.1 Å². The van der Waals surface area contributed by atoms with Crippen molar-refractivity contribution >= 4 is 5.91 Å². The molecule has 1 aliphatic heterocycles. The second kappa shape index (κ2) is 7.85. The molecular weight excluding hydrogens is 274 g/mol. The Balaban J connectivity index is 1.96. The fourth-order valence-corrected chi connectivity index (χ4v) is 2.08. The number of aliphatic hydroxyl groups is 1. The molecule has 0 saturated carbocycles. The van der Waals surface area contributed by atoms with Crippen LogP contribution in [0.5, 0.6) is 11.5 Å². The minimum atomic E-state index is -0.0630. The smallest absolute Gasteiger partial charge is 0.260 e. The molecule has 0 aliphatic carbocycles. The van der Waals surface area contributed by atoms with E-state index in [2.05, 4.69) is 0 Å². The predicted octanol–water partition coefficient (Wildman–Crippen LogP) is 0.815. The zero-order valence-electron chi connectivity index (χ0n) is 12.2. The SMILES string of the molecule is CCOc1cc(CO)ccc1OCC(=O)N1CCOCC1. The van der Waals surface area contributed by atoms with Gasteiger partial charge in [0.15, 0.2) is 18.1 Å². The summed E-state index contributed by atoms with van der Waals surface area (Å²) in [6, 6.07) is 5.18. The predicted molar refractivity (Wildman–Crippen MR) is 76.4 cm³/mol. The van der Waals surface area contributed by atoms with E-state index in [0.29, 0.717) is 44.4 Å². The van der Waals surface area contributed by atoms with E-state index < -0.39 is 0 Å². The summed E-state index contributed by atoms with van der Waals surface area (Å²) in [5, 5.41) is 9.14. The summed E-state index contributed by atoms with van der Waals surface area (Å²) in [6.45, 7) is 4.61. The van der Waals surface area contributed by atoms with Crippen LogP contribution in [0.25, 0.3) is 0 Å². The number of nitrogens with zero attached hydrogens (tertiary/aromatic N) is 1. The van der Waals surface area contributed by atoms with Gasteiger partial charge in [-0.3, -0.25) is 4.79 Å². The third kappa shape index (κ3) is 4.34. The Morgan fingerprint density at radius 3 is 2.71 bits per heavy atom. The van der Waals surface area contributed by atoms with Gasteiger partial charge in [0.1, 0.15) is 0 Å². The lowest BCUT2D eigenvalue weighted by Crippen LogP contribution is -2.43. The number of aliphatic hydroxyl groups excluding tert-OH is 1. The quantitative estimate of drug-likeness (QED) is 0.841. The summed E-state index contributed by atoms with van der Waals surface area (Å²) in [6.07, 6.45) is 0. The highest BCUT2D eigenvalue weighted by Crippen LogP contribution is 2.28. The molecule has 116 valence electrons. The highest BCUT2D eigenvalue weighted by Gasteiger charge is 2.18. The number of carbonyl (C=O) groups excluding carboxylic acids is 1. The molecule has 6 heteroatoms. The molecule has 0 bridgehead atoms. The van der Waals surface area contributed by atoms with Crippen LogP contribution in [0.4, 0.5) is 0 Å². The normalized spacial score (nSPS) is 14.9. The van der Waals surface area contributed by atoms with E-state index in [-0.39, 0.29) is 19.1 Å².